The van der Waals surface area contributed by atoms with Gasteiger partial charge in [0.15, 0.2) is 8.29 Å². The van der Waals surface area contributed by atoms with Crippen LogP contribution >= 0.6 is 35.3 Å². The van der Waals surface area contributed by atoms with E-state index in [0.717, 1.165) is 6.42 Å². The van der Waals surface area contributed by atoms with Gasteiger partial charge in [0, 0.05) is 6.04 Å². The van der Waals surface area contributed by atoms with Crippen LogP contribution in [0.3, 0.4) is 0 Å². The van der Waals surface area contributed by atoms with Crippen molar-refractivity contribution in [3.63, 3.8) is 0 Å². The molecule has 2 N–H and O–H groups in total. The summed E-state index contributed by atoms with van der Waals surface area (Å²) < 4.78 is 15.6. The zero-order valence-electron chi connectivity index (χ0n) is 13.6. The fourth-order valence-electron chi connectivity index (χ4n) is 1.72. The smallest absolute Gasteiger partial charge is 0.321 e. The Balaban J connectivity index is 1.92. The van der Waals surface area contributed by atoms with Gasteiger partial charge in [0.05, 0.1) is 11.4 Å². The zero-order chi connectivity index (χ0) is 18.4. The van der Waals surface area contributed by atoms with E-state index in [-0.39, 0.29) is 17.6 Å². The predicted molar refractivity (Wildman–Crippen MR) is 99.4 cm³/mol. The van der Waals surface area contributed by atoms with Crippen LogP contribution in [0.25, 0.3) is 5.69 Å². The van der Waals surface area contributed by atoms with Gasteiger partial charge in [-0.2, -0.15) is 0 Å². The van der Waals surface area contributed by atoms with Gasteiger partial charge in [0.1, 0.15) is 5.82 Å². The van der Waals surface area contributed by atoms with Crippen molar-refractivity contribution in [2.24, 2.45) is 0 Å². The Morgan fingerprint density at radius 3 is 2.72 bits per heavy atom. The Morgan fingerprint density at radius 2 is 2.08 bits per heavy atom. The molecule has 0 saturated carbocycles. The maximum Gasteiger partial charge on any atom is 0.321 e. The SMILES string of the molecule is CC[C@H](C)NC(=O)NC(=O)CSc1nn(-c2ccc(F)cc2)c(=S)s1. The number of halogens is 1. The van der Waals surface area contributed by atoms with Gasteiger partial charge in [-0.15, -0.1) is 5.10 Å². The normalized spacial score (nSPS) is 11.8. The van der Waals surface area contributed by atoms with E-state index >= 15 is 0 Å². The zero-order valence-corrected chi connectivity index (χ0v) is 16.1. The summed E-state index contributed by atoms with van der Waals surface area (Å²) >= 11 is 7.67. The minimum atomic E-state index is -0.510. The number of amides is 3. The maximum absolute atomic E-state index is 13.0. The molecule has 0 aliphatic carbocycles. The molecular formula is C15H17FN4O2S3. The van der Waals surface area contributed by atoms with E-state index in [9.17, 15) is 14.0 Å². The Hall–Kier alpha value is -1.78. The van der Waals surface area contributed by atoms with E-state index in [4.69, 9.17) is 12.2 Å². The molecule has 6 nitrogen and oxygen atoms in total. The quantitative estimate of drug-likeness (QED) is 0.573. The van der Waals surface area contributed by atoms with Crippen LogP contribution in [0.4, 0.5) is 9.18 Å². The van der Waals surface area contributed by atoms with Gasteiger partial charge in [-0.3, -0.25) is 10.1 Å². The topological polar surface area (TPSA) is 76.0 Å². The van der Waals surface area contributed by atoms with Gasteiger partial charge in [0.25, 0.3) is 0 Å². The Morgan fingerprint density at radius 1 is 1.40 bits per heavy atom. The van der Waals surface area contributed by atoms with Crippen LogP contribution < -0.4 is 10.6 Å². The molecule has 0 fully saturated rings. The van der Waals surface area contributed by atoms with Crippen molar-refractivity contribution in [1.29, 1.82) is 0 Å². The average Bonchev–Trinajstić information content (AvgIpc) is 2.94. The van der Waals surface area contributed by atoms with E-state index in [1.54, 1.807) is 12.1 Å². The minimum absolute atomic E-state index is 0.00291. The fourth-order valence-corrected chi connectivity index (χ4v) is 3.88. The van der Waals surface area contributed by atoms with Crippen LogP contribution in [0.2, 0.25) is 0 Å². The van der Waals surface area contributed by atoms with E-state index < -0.39 is 11.9 Å². The Bertz CT molecular complexity index is 804. The van der Waals surface area contributed by atoms with Crippen LogP contribution in [0, 0.1) is 9.77 Å². The number of carbonyl (C=O) groups excluding carboxylic acids is 2. The number of hydrogen-bond donors (Lipinski definition) is 2. The number of hydrogen-bond acceptors (Lipinski definition) is 6. The summed E-state index contributed by atoms with van der Waals surface area (Å²) in [6, 6.07) is 5.29. The second-order valence-corrected chi connectivity index (χ2v) is 7.99. The van der Waals surface area contributed by atoms with Gasteiger partial charge in [0.2, 0.25) is 5.91 Å². The summed E-state index contributed by atoms with van der Waals surface area (Å²) in [6.07, 6.45) is 0.778. The molecular weight excluding hydrogens is 383 g/mol. The molecule has 0 aliphatic rings. The van der Waals surface area contributed by atoms with Crippen molar-refractivity contribution in [3.8, 4) is 5.69 Å². The summed E-state index contributed by atoms with van der Waals surface area (Å²) in [5.41, 5.74) is 0.645. The van der Waals surface area contributed by atoms with Gasteiger partial charge >= 0.3 is 6.03 Å². The lowest BCUT2D eigenvalue weighted by molar-refractivity contribution is -0.117. The number of aromatic nitrogens is 2. The molecule has 0 bridgehead atoms. The van der Waals surface area contributed by atoms with E-state index in [2.05, 4.69) is 15.7 Å². The van der Waals surface area contributed by atoms with Crippen LogP contribution in [0.5, 0.6) is 0 Å². The fraction of sp³-hybridized carbons (Fsp3) is 0.333. The van der Waals surface area contributed by atoms with Crippen molar-refractivity contribution >= 4 is 47.3 Å². The second-order valence-electron chi connectivity index (χ2n) is 5.14. The molecule has 1 aromatic heterocycles. The first-order chi connectivity index (χ1) is 11.9. The number of rotatable bonds is 6. The third kappa shape index (κ3) is 5.91. The van der Waals surface area contributed by atoms with E-state index in [1.165, 1.54) is 39.9 Å². The summed E-state index contributed by atoms with van der Waals surface area (Å²) in [5, 5.41) is 9.23. The van der Waals surface area contributed by atoms with Crippen molar-refractivity contribution < 1.29 is 14.0 Å². The number of urea groups is 1. The van der Waals surface area contributed by atoms with Crippen LogP contribution in [-0.4, -0.2) is 33.5 Å². The molecule has 3 amide bonds. The third-order valence-electron chi connectivity index (χ3n) is 3.17. The highest BCUT2D eigenvalue weighted by Crippen LogP contribution is 2.23. The maximum atomic E-state index is 13.0. The summed E-state index contributed by atoms with van der Waals surface area (Å²) in [6.45, 7) is 3.79. The van der Waals surface area contributed by atoms with Gasteiger partial charge in [-0.25, -0.2) is 13.9 Å². The number of nitrogens with zero attached hydrogens (tertiary/aromatic N) is 2. The third-order valence-corrected chi connectivity index (χ3v) is 5.54. The Kier molecular flexibility index (Phi) is 7.09. The standard InChI is InChI=1S/C15H17FN4O2S3/c1-3-9(2)17-13(22)18-12(21)8-24-14-19-20(15(23)25-14)11-6-4-10(16)5-7-11/h4-7,9H,3,8H2,1-2H3,(H2,17,18,21,22)/t9-/m0/s1. The van der Waals surface area contributed by atoms with Gasteiger partial charge < -0.3 is 5.32 Å². The number of imide groups is 1. The van der Waals surface area contributed by atoms with Crippen LogP contribution in [0.1, 0.15) is 20.3 Å². The molecule has 1 heterocycles. The molecule has 2 aromatic rings. The molecule has 1 aromatic carbocycles. The first kappa shape index (κ1) is 19.5. The van der Waals surface area contributed by atoms with E-state index in [1.807, 2.05) is 13.8 Å². The van der Waals surface area contributed by atoms with Crippen LogP contribution in [-0.2, 0) is 4.79 Å². The predicted octanol–water partition coefficient (Wildman–Crippen LogP) is 3.52. The first-order valence-electron chi connectivity index (χ1n) is 7.48. The van der Waals surface area contributed by atoms with Crippen molar-refractivity contribution in [2.45, 2.75) is 30.6 Å². The monoisotopic (exact) mass is 400 g/mol. The van der Waals surface area contributed by atoms with Crippen molar-refractivity contribution in [1.82, 2.24) is 20.4 Å². The summed E-state index contributed by atoms with van der Waals surface area (Å²) in [4.78, 5) is 23.4. The average molecular weight is 401 g/mol. The highest BCUT2D eigenvalue weighted by Gasteiger charge is 2.12. The van der Waals surface area contributed by atoms with E-state index in [0.29, 0.717) is 14.0 Å². The first-order valence-corrected chi connectivity index (χ1v) is 9.69. The van der Waals surface area contributed by atoms with Crippen molar-refractivity contribution in [3.05, 3.63) is 34.0 Å². The highest BCUT2D eigenvalue weighted by molar-refractivity contribution is 8.01. The summed E-state index contributed by atoms with van der Waals surface area (Å²) in [7, 11) is 0. The highest BCUT2D eigenvalue weighted by atomic mass is 32.2. The van der Waals surface area contributed by atoms with Gasteiger partial charge in [-0.05, 0) is 49.8 Å². The molecule has 0 aliphatic heterocycles. The molecule has 2 rings (SSSR count). The minimum Gasteiger partial charge on any atom is -0.335 e. The molecule has 134 valence electrons. The molecule has 0 spiro atoms. The second kappa shape index (κ2) is 9.07. The van der Waals surface area contributed by atoms with Crippen LogP contribution in [0.15, 0.2) is 28.6 Å². The molecule has 10 heteroatoms. The molecule has 0 unspecified atom stereocenters. The summed E-state index contributed by atoms with van der Waals surface area (Å²) in [5.74, 6) is -0.715. The number of carbonyl (C=O) groups is 2. The molecule has 0 radical (unpaired) electrons. The lowest BCUT2D eigenvalue weighted by Crippen LogP contribution is -2.43. The largest absolute Gasteiger partial charge is 0.335 e. The lowest BCUT2D eigenvalue weighted by Gasteiger charge is -2.11. The lowest BCUT2D eigenvalue weighted by atomic mass is 10.3. The molecule has 25 heavy (non-hydrogen) atoms. The number of benzene rings is 1. The number of nitrogens with one attached hydrogen (secondary N) is 2. The van der Waals surface area contributed by atoms with Crippen molar-refractivity contribution in [2.75, 3.05) is 5.75 Å². The molecule has 0 saturated heterocycles. The van der Waals surface area contributed by atoms with Gasteiger partial charge in [-0.1, -0.05) is 30.0 Å². The number of thioether (sulfide) groups is 1. The molecule has 1 atom stereocenters. The Labute approximate surface area is 157 Å².